The third-order valence-corrected chi connectivity index (χ3v) is 3.23. The number of aryl methyl sites for hydroxylation is 1. The predicted octanol–water partition coefficient (Wildman–Crippen LogP) is 2.00. The van der Waals surface area contributed by atoms with Crippen LogP contribution in [0.1, 0.15) is 42.8 Å². The zero-order chi connectivity index (χ0) is 14.5. The lowest BCUT2D eigenvalue weighted by Crippen LogP contribution is -2.17. The number of carboxylic acids is 1. The molecule has 0 bridgehead atoms. The van der Waals surface area contributed by atoms with Crippen molar-refractivity contribution in [1.82, 2.24) is 20.2 Å². The van der Waals surface area contributed by atoms with Crippen molar-refractivity contribution in [3.05, 3.63) is 41.2 Å². The molecule has 0 saturated carbocycles. The number of hydrogen-bond donors (Lipinski definition) is 1. The van der Waals surface area contributed by atoms with Gasteiger partial charge in [0.15, 0.2) is 5.82 Å². The summed E-state index contributed by atoms with van der Waals surface area (Å²) in [7, 11) is 0. The van der Waals surface area contributed by atoms with E-state index in [1.165, 1.54) is 5.56 Å². The SMILES string of the molecule is CCC(CC(=O)O)n1nnnc1Cc1cccc(C)c1. The maximum absolute atomic E-state index is 10.9. The van der Waals surface area contributed by atoms with Crippen LogP contribution in [0.2, 0.25) is 0 Å². The molecule has 2 aromatic rings. The Morgan fingerprint density at radius 3 is 2.90 bits per heavy atom. The van der Waals surface area contributed by atoms with E-state index in [2.05, 4.69) is 21.6 Å². The number of carbonyl (C=O) groups is 1. The first-order chi connectivity index (χ1) is 9.60. The normalized spacial score (nSPS) is 12.3. The second-order valence-corrected chi connectivity index (χ2v) is 4.87. The molecule has 0 radical (unpaired) electrons. The Morgan fingerprint density at radius 2 is 2.25 bits per heavy atom. The van der Waals surface area contributed by atoms with Gasteiger partial charge < -0.3 is 5.11 Å². The first-order valence-corrected chi connectivity index (χ1v) is 6.64. The van der Waals surface area contributed by atoms with E-state index in [9.17, 15) is 4.79 Å². The van der Waals surface area contributed by atoms with Crippen molar-refractivity contribution in [2.75, 3.05) is 0 Å². The van der Waals surface area contributed by atoms with Gasteiger partial charge in [-0.1, -0.05) is 36.8 Å². The quantitative estimate of drug-likeness (QED) is 0.871. The first-order valence-electron chi connectivity index (χ1n) is 6.64. The van der Waals surface area contributed by atoms with Crippen molar-refractivity contribution in [2.24, 2.45) is 0 Å². The summed E-state index contributed by atoms with van der Waals surface area (Å²) in [5.74, 6) is -0.141. The van der Waals surface area contributed by atoms with Gasteiger partial charge in [0.2, 0.25) is 0 Å². The van der Waals surface area contributed by atoms with Crippen molar-refractivity contribution in [3.8, 4) is 0 Å². The van der Waals surface area contributed by atoms with Gasteiger partial charge >= 0.3 is 5.97 Å². The average molecular weight is 274 g/mol. The number of tetrazole rings is 1. The molecule has 6 heteroatoms. The maximum atomic E-state index is 10.9. The summed E-state index contributed by atoms with van der Waals surface area (Å²) in [6.07, 6.45) is 1.31. The van der Waals surface area contributed by atoms with Crippen molar-refractivity contribution in [2.45, 2.75) is 39.2 Å². The molecule has 0 aliphatic heterocycles. The first kappa shape index (κ1) is 14.2. The molecule has 1 unspecified atom stereocenters. The van der Waals surface area contributed by atoms with Crippen LogP contribution in [0.4, 0.5) is 0 Å². The van der Waals surface area contributed by atoms with Gasteiger partial charge in [0, 0.05) is 6.42 Å². The van der Waals surface area contributed by atoms with Gasteiger partial charge in [-0.25, -0.2) is 4.68 Å². The topological polar surface area (TPSA) is 80.9 Å². The third kappa shape index (κ3) is 3.40. The van der Waals surface area contributed by atoms with Crippen molar-refractivity contribution in [1.29, 1.82) is 0 Å². The Balaban J connectivity index is 2.21. The molecule has 1 N–H and O–H groups in total. The van der Waals surface area contributed by atoms with Crippen LogP contribution in [0.15, 0.2) is 24.3 Å². The molecular weight excluding hydrogens is 256 g/mol. The number of aliphatic carboxylic acids is 1. The summed E-state index contributed by atoms with van der Waals surface area (Å²) in [5, 5.41) is 20.6. The lowest BCUT2D eigenvalue weighted by Gasteiger charge is -2.14. The number of nitrogens with zero attached hydrogens (tertiary/aromatic N) is 4. The van der Waals surface area contributed by atoms with Crippen LogP contribution < -0.4 is 0 Å². The summed E-state index contributed by atoms with van der Waals surface area (Å²) >= 11 is 0. The van der Waals surface area contributed by atoms with Gasteiger partial charge in [0.25, 0.3) is 0 Å². The number of carboxylic acid groups (broad SMARTS) is 1. The molecule has 1 atom stereocenters. The molecule has 0 amide bonds. The second-order valence-electron chi connectivity index (χ2n) is 4.87. The van der Waals surface area contributed by atoms with E-state index in [4.69, 9.17) is 5.11 Å². The molecule has 0 fully saturated rings. The molecule has 0 aliphatic carbocycles. The molecule has 20 heavy (non-hydrogen) atoms. The van der Waals surface area contributed by atoms with E-state index in [-0.39, 0.29) is 12.5 Å². The lowest BCUT2D eigenvalue weighted by molar-refractivity contribution is -0.138. The van der Waals surface area contributed by atoms with E-state index in [1.807, 2.05) is 32.0 Å². The Labute approximate surface area is 117 Å². The Bertz CT molecular complexity index is 594. The summed E-state index contributed by atoms with van der Waals surface area (Å²) in [5.41, 5.74) is 2.30. The number of hydrogen-bond acceptors (Lipinski definition) is 4. The minimum atomic E-state index is -0.839. The Morgan fingerprint density at radius 1 is 1.45 bits per heavy atom. The maximum Gasteiger partial charge on any atom is 0.305 e. The molecule has 1 aromatic carbocycles. The predicted molar refractivity (Wildman–Crippen MR) is 73.4 cm³/mol. The van der Waals surface area contributed by atoms with Crippen LogP contribution in [0.25, 0.3) is 0 Å². The van der Waals surface area contributed by atoms with Crippen molar-refractivity contribution < 1.29 is 9.90 Å². The van der Waals surface area contributed by atoms with Gasteiger partial charge in [-0.05, 0) is 29.3 Å². The van der Waals surface area contributed by atoms with Gasteiger partial charge in [-0.15, -0.1) is 5.10 Å². The summed E-state index contributed by atoms with van der Waals surface area (Å²) < 4.78 is 1.64. The summed E-state index contributed by atoms with van der Waals surface area (Å²) in [6, 6.07) is 7.92. The zero-order valence-corrected chi connectivity index (χ0v) is 11.7. The molecule has 6 nitrogen and oxygen atoms in total. The van der Waals surface area contributed by atoms with Crippen molar-refractivity contribution >= 4 is 5.97 Å². The second kappa shape index (κ2) is 6.27. The molecule has 0 aliphatic rings. The van der Waals surface area contributed by atoms with E-state index < -0.39 is 5.97 Å². The highest BCUT2D eigenvalue weighted by atomic mass is 16.4. The van der Waals surface area contributed by atoms with E-state index in [0.717, 1.165) is 5.56 Å². The fraction of sp³-hybridized carbons (Fsp3) is 0.429. The fourth-order valence-electron chi connectivity index (χ4n) is 2.22. The zero-order valence-electron chi connectivity index (χ0n) is 11.7. The van der Waals surface area contributed by atoms with Crippen LogP contribution in [0.3, 0.4) is 0 Å². The lowest BCUT2D eigenvalue weighted by atomic mass is 10.1. The standard InChI is InChI=1S/C14H18N4O2/c1-3-12(9-14(19)20)18-13(15-16-17-18)8-11-6-4-5-10(2)7-11/h4-7,12H,3,8-9H2,1-2H3,(H,19,20). The van der Waals surface area contributed by atoms with Gasteiger partial charge in [-0.2, -0.15) is 0 Å². The smallest absolute Gasteiger partial charge is 0.305 e. The van der Waals surface area contributed by atoms with E-state index in [1.54, 1.807) is 4.68 Å². The minimum Gasteiger partial charge on any atom is -0.481 e. The molecule has 2 rings (SSSR count). The molecular formula is C14H18N4O2. The largest absolute Gasteiger partial charge is 0.481 e. The Kier molecular flexibility index (Phi) is 4.45. The van der Waals surface area contributed by atoms with Crippen LogP contribution in [-0.4, -0.2) is 31.3 Å². The van der Waals surface area contributed by atoms with E-state index >= 15 is 0 Å². The van der Waals surface area contributed by atoms with Crippen LogP contribution in [-0.2, 0) is 11.2 Å². The molecule has 0 saturated heterocycles. The summed E-state index contributed by atoms with van der Waals surface area (Å²) in [4.78, 5) is 10.9. The van der Waals surface area contributed by atoms with Crippen LogP contribution in [0.5, 0.6) is 0 Å². The monoisotopic (exact) mass is 274 g/mol. The third-order valence-electron chi connectivity index (χ3n) is 3.23. The Hall–Kier alpha value is -2.24. The van der Waals surface area contributed by atoms with Gasteiger partial charge in [0.05, 0.1) is 12.5 Å². The van der Waals surface area contributed by atoms with E-state index in [0.29, 0.717) is 18.7 Å². The molecule has 0 spiro atoms. The number of rotatable bonds is 6. The van der Waals surface area contributed by atoms with Crippen LogP contribution in [0, 0.1) is 6.92 Å². The number of aromatic nitrogens is 4. The average Bonchev–Trinajstić information content (AvgIpc) is 2.84. The fourth-order valence-corrected chi connectivity index (χ4v) is 2.22. The highest BCUT2D eigenvalue weighted by Gasteiger charge is 2.18. The van der Waals surface area contributed by atoms with Gasteiger partial charge in [0.1, 0.15) is 0 Å². The molecule has 1 heterocycles. The van der Waals surface area contributed by atoms with Crippen molar-refractivity contribution in [3.63, 3.8) is 0 Å². The molecule has 1 aromatic heterocycles. The minimum absolute atomic E-state index is 0.0301. The number of benzene rings is 1. The summed E-state index contributed by atoms with van der Waals surface area (Å²) in [6.45, 7) is 3.97. The molecule has 106 valence electrons. The highest BCUT2D eigenvalue weighted by Crippen LogP contribution is 2.18. The van der Waals surface area contributed by atoms with Crippen LogP contribution >= 0.6 is 0 Å². The van der Waals surface area contributed by atoms with Gasteiger partial charge in [-0.3, -0.25) is 4.79 Å². The highest BCUT2D eigenvalue weighted by molar-refractivity contribution is 5.67.